The topological polar surface area (TPSA) is 38.9 Å². The monoisotopic (exact) mass is 218 g/mol. The van der Waals surface area contributed by atoms with Crippen LogP contribution in [0.4, 0.5) is 5.69 Å². The molecule has 0 amide bonds. The minimum atomic E-state index is 0.687. The highest BCUT2D eigenvalue weighted by Crippen LogP contribution is 2.31. The highest BCUT2D eigenvalue weighted by molar-refractivity contribution is 6.33. The number of pyridine rings is 1. The third-order valence-electron chi connectivity index (χ3n) is 2.42. The number of anilines is 1. The van der Waals surface area contributed by atoms with Gasteiger partial charge in [-0.3, -0.25) is 4.98 Å². The molecular weight excluding hydrogens is 208 g/mol. The number of rotatable bonds is 1. The first-order valence-corrected chi connectivity index (χ1v) is 5.03. The zero-order valence-electron chi connectivity index (χ0n) is 8.37. The SMILES string of the molecule is Cc1c(N)cncc1-c1ccccc1Cl. The fourth-order valence-electron chi connectivity index (χ4n) is 1.49. The molecule has 0 aliphatic carbocycles. The molecule has 1 heterocycles. The normalized spacial score (nSPS) is 10.3. The van der Waals surface area contributed by atoms with Crippen molar-refractivity contribution in [2.24, 2.45) is 0 Å². The summed E-state index contributed by atoms with van der Waals surface area (Å²) >= 11 is 6.11. The summed E-state index contributed by atoms with van der Waals surface area (Å²) in [4.78, 5) is 4.08. The third kappa shape index (κ3) is 1.81. The van der Waals surface area contributed by atoms with Crippen molar-refractivity contribution in [1.29, 1.82) is 0 Å². The molecule has 0 unspecified atom stereocenters. The molecule has 76 valence electrons. The Bertz CT molecular complexity index is 495. The van der Waals surface area contributed by atoms with E-state index in [2.05, 4.69) is 4.98 Å². The van der Waals surface area contributed by atoms with E-state index in [1.54, 1.807) is 12.4 Å². The first-order chi connectivity index (χ1) is 7.20. The average molecular weight is 219 g/mol. The molecule has 0 fully saturated rings. The smallest absolute Gasteiger partial charge is 0.0536 e. The lowest BCUT2D eigenvalue weighted by molar-refractivity contribution is 1.29. The predicted molar refractivity (Wildman–Crippen MR) is 63.8 cm³/mol. The van der Waals surface area contributed by atoms with E-state index in [1.165, 1.54) is 0 Å². The van der Waals surface area contributed by atoms with Crippen LogP contribution in [0, 0.1) is 6.92 Å². The van der Waals surface area contributed by atoms with Crippen molar-refractivity contribution < 1.29 is 0 Å². The molecule has 2 nitrogen and oxygen atoms in total. The Morgan fingerprint density at radius 3 is 2.60 bits per heavy atom. The first kappa shape index (κ1) is 9.99. The largest absolute Gasteiger partial charge is 0.397 e. The van der Waals surface area contributed by atoms with E-state index in [4.69, 9.17) is 17.3 Å². The maximum atomic E-state index is 6.11. The fraction of sp³-hybridized carbons (Fsp3) is 0.0833. The molecule has 0 saturated carbocycles. The van der Waals surface area contributed by atoms with Crippen molar-refractivity contribution in [3.63, 3.8) is 0 Å². The summed E-state index contributed by atoms with van der Waals surface area (Å²) in [7, 11) is 0. The van der Waals surface area contributed by atoms with Crippen molar-refractivity contribution in [2.75, 3.05) is 5.73 Å². The van der Waals surface area contributed by atoms with Crippen LogP contribution in [0.15, 0.2) is 36.7 Å². The van der Waals surface area contributed by atoms with Crippen LogP contribution in [-0.2, 0) is 0 Å². The highest BCUT2D eigenvalue weighted by atomic mass is 35.5. The Balaban J connectivity index is 2.65. The molecule has 0 radical (unpaired) electrons. The van der Waals surface area contributed by atoms with Gasteiger partial charge in [0.1, 0.15) is 0 Å². The third-order valence-corrected chi connectivity index (χ3v) is 2.75. The molecule has 2 aromatic rings. The van der Waals surface area contributed by atoms with Gasteiger partial charge in [0.05, 0.1) is 11.9 Å². The van der Waals surface area contributed by atoms with Gasteiger partial charge in [-0.05, 0) is 18.6 Å². The van der Waals surface area contributed by atoms with Crippen LogP contribution >= 0.6 is 11.6 Å². The number of hydrogen-bond donors (Lipinski definition) is 1. The van der Waals surface area contributed by atoms with Crippen molar-refractivity contribution in [2.45, 2.75) is 6.92 Å². The van der Waals surface area contributed by atoms with Crippen LogP contribution in [0.1, 0.15) is 5.56 Å². The lowest BCUT2D eigenvalue weighted by atomic mass is 10.0. The van der Waals surface area contributed by atoms with E-state index in [0.29, 0.717) is 10.7 Å². The van der Waals surface area contributed by atoms with Gasteiger partial charge in [-0.15, -0.1) is 0 Å². The number of aromatic nitrogens is 1. The maximum Gasteiger partial charge on any atom is 0.0536 e. The molecule has 0 atom stereocenters. The molecule has 15 heavy (non-hydrogen) atoms. The predicted octanol–water partition coefficient (Wildman–Crippen LogP) is 3.29. The first-order valence-electron chi connectivity index (χ1n) is 4.65. The van der Waals surface area contributed by atoms with Gasteiger partial charge in [0.2, 0.25) is 0 Å². The van der Waals surface area contributed by atoms with Crippen molar-refractivity contribution >= 4 is 17.3 Å². The second kappa shape index (κ2) is 3.91. The second-order valence-corrected chi connectivity index (χ2v) is 3.79. The van der Waals surface area contributed by atoms with Crippen molar-refractivity contribution in [3.05, 3.63) is 47.2 Å². The summed E-state index contributed by atoms with van der Waals surface area (Å²) in [6, 6.07) is 7.68. The standard InChI is InChI=1S/C12H11ClN2/c1-8-10(6-15-7-12(8)14)9-4-2-3-5-11(9)13/h2-7H,14H2,1H3. The van der Waals surface area contributed by atoms with Gasteiger partial charge < -0.3 is 5.73 Å². The summed E-state index contributed by atoms with van der Waals surface area (Å²) in [5.74, 6) is 0. The van der Waals surface area contributed by atoms with Crippen LogP contribution in [0.3, 0.4) is 0 Å². The van der Waals surface area contributed by atoms with E-state index < -0.39 is 0 Å². The number of halogens is 1. The molecule has 2 N–H and O–H groups in total. The van der Waals surface area contributed by atoms with Crippen LogP contribution in [-0.4, -0.2) is 4.98 Å². The van der Waals surface area contributed by atoms with Crippen molar-refractivity contribution in [1.82, 2.24) is 4.98 Å². The summed E-state index contributed by atoms with van der Waals surface area (Å²) in [5.41, 5.74) is 9.46. The molecule has 0 aliphatic rings. The zero-order valence-corrected chi connectivity index (χ0v) is 9.12. The molecule has 0 bridgehead atoms. The Morgan fingerprint density at radius 2 is 1.87 bits per heavy atom. The molecule has 1 aromatic heterocycles. The lowest BCUT2D eigenvalue weighted by Gasteiger charge is -2.08. The van der Waals surface area contributed by atoms with Gasteiger partial charge in [0.25, 0.3) is 0 Å². The van der Waals surface area contributed by atoms with E-state index in [1.807, 2.05) is 31.2 Å². The minimum Gasteiger partial charge on any atom is -0.397 e. The fourth-order valence-corrected chi connectivity index (χ4v) is 1.73. The van der Waals surface area contributed by atoms with E-state index in [0.717, 1.165) is 16.7 Å². The lowest BCUT2D eigenvalue weighted by Crippen LogP contribution is -1.94. The molecule has 1 aromatic carbocycles. The quantitative estimate of drug-likeness (QED) is 0.798. The van der Waals surface area contributed by atoms with E-state index in [-0.39, 0.29) is 0 Å². The van der Waals surface area contributed by atoms with Crippen molar-refractivity contribution in [3.8, 4) is 11.1 Å². The number of benzene rings is 1. The second-order valence-electron chi connectivity index (χ2n) is 3.38. The minimum absolute atomic E-state index is 0.687. The maximum absolute atomic E-state index is 6.11. The van der Waals surface area contributed by atoms with Crippen LogP contribution in [0.5, 0.6) is 0 Å². The Hall–Kier alpha value is -1.54. The molecular formula is C12H11ClN2. The van der Waals surface area contributed by atoms with Gasteiger partial charge in [0.15, 0.2) is 0 Å². The number of nitrogen functional groups attached to an aromatic ring is 1. The zero-order chi connectivity index (χ0) is 10.8. The van der Waals surface area contributed by atoms with Gasteiger partial charge in [-0.25, -0.2) is 0 Å². The number of nitrogens with two attached hydrogens (primary N) is 1. The highest BCUT2D eigenvalue weighted by Gasteiger charge is 2.07. The molecule has 0 aliphatic heterocycles. The van der Waals surface area contributed by atoms with E-state index >= 15 is 0 Å². The molecule has 3 heteroatoms. The Kier molecular flexibility index (Phi) is 2.60. The Labute approximate surface area is 93.7 Å². The van der Waals surface area contributed by atoms with Gasteiger partial charge in [-0.2, -0.15) is 0 Å². The van der Waals surface area contributed by atoms with Crippen LogP contribution in [0.2, 0.25) is 5.02 Å². The summed E-state index contributed by atoms with van der Waals surface area (Å²) in [6.45, 7) is 1.97. The summed E-state index contributed by atoms with van der Waals surface area (Å²) in [6.07, 6.45) is 3.43. The van der Waals surface area contributed by atoms with Gasteiger partial charge in [-0.1, -0.05) is 29.8 Å². The molecule has 2 rings (SSSR count). The van der Waals surface area contributed by atoms with E-state index in [9.17, 15) is 0 Å². The molecule has 0 spiro atoms. The Morgan fingerprint density at radius 1 is 1.13 bits per heavy atom. The van der Waals surface area contributed by atoms with Crippen LogP contribution < -0.4 is 5.73 Å². The van der Waals surface area contributed by atoms with Crippen LogP contribution in [0.25, 0.3) is 11.1 Å². The summed E-state index contributed by atoms with van der Waals surface area (Å²) in [5, 5.41) is 0.716. The number of hydrogen-bond acceptors (Lipinski definition) is 2. The molecule has 0 saturated heterocycles. The van der Waals surface area contributed by atoms with Gasteiger partial charge in [0, 0.05) is 22.3 Å². The average Bonchev–Trinajstić information content (AvgIpc) is 2.23. The van der Waals surface area contributed by atoms with Gasteiger partial charge >= 0.3 is 0 Å². The number of nitrogens with zero attached hydrogens (tertiary/aromatic N) is 1. The summed E-state index contributed by atoms with van der Waals surface area (Å²) < 4.78 is 0.